The quantitative estimate of drug-likeness (QED) is 0.513. The van der Waals surface area contributed by atoms with Crippen molar-refractivity contribution in [3.8, 4) is 0 Å². The molecular formula is C11H25NO3. The lowest BCUT2D eigenvalue weighted by molar-refractivity contribution is 0.0795. The molecule has 0 aliphatic heterocycles. The molecule has 2 atom stereocenters. The van der Waals surface area contributed by atoms with E-state index in [1.807, 2.05) is 7.05 Å². The van der Waals surface area contributed by atoms with Crippen LogP contribution < -0.4 is 0 Å². The molecule has 0 aliphatic carbocycles. The Morgan fingerprint density at radius 3 is 2.40 bits per heavy atom. The molecule has 15 heavy (non-hydrogen) atoms. The van der Waals surface area contributed by atoms with E-state index in [-0.39, 0.29) is 19.1 Å². The third-order valence-electron chi connectivity index (χ3n) is 2.50. The Labute approximate surface area is 92.5 Å². The van der Waals surface area contributed by atoms with E-state index in [0.717, 1.165) is 19.5 Å². The summed E-state index contributed by atoms with van der Waals surface area (Å²) in [6, 6.07) is 0. The average Bonchev–Trinajstić information content (AvgIpc) is 2.17. The number of aliphatic hydroxyl groups excluding tert-OH is 3. The van der Waals surface area contributed by atoms with Crippen molar-refractivity contribution >= 4 is 0 Å². The number of hydrogen-bond acceptors (Lipinski definition) is 4. The summed E-state index contributed by atoms with van der Waals surface area (Å²) in [7, 11) is 2.02. The summed E-state index contributed by atoms with van der Waals surface area (Å²) in [6.45, 7) is 4.02. The van der Waals surface area contributed by atoms with Crippen molar-refractivity contribution in [2.45, 2.75) is 32.3 Å². The van der Waals surface area contributed by atoms with Gasteiger partial charge < -0.3 is 20.2 Å². The molecule has 0 heterocycles. The second kappa shape index (κ2) is 9.09. The highest BCUT2D eigenvalue weighted by molar-refractivity contribution is 4.67. The molecule has 4 nitrogen and oxygen atoms in total. The van der Waals surface area contributed by atoms with Gasteiger partial charge in [-0.1, -0.05) is 6.92 Å². The SMILES string of the molecule is CCCN(C)CC(CO)CC(O)CCO. The zero-order chi connectivity index (χ0) is 11.7. The van der Waals surface area contributed by atoms with Crippen LogP contribution in [0.25, 0.3) is 0 Å². The van der Waals surface area contributed by atoms with Crippen LogP contribution in [-0.4, -0.2) is 59.7 Å². The second-order valence-corrected chi connectivity index (χ2v) is 4.21. The Bertz CT molecular complexity index is 130. The standard InChI is InChI=1S/C11H25NO3/c1-3-5-12(2)8-10(9-14)7-11(15)4-6-13/h10-11,13-15H,3-9H2,1-2H3. The van der Waals surface area contributed by atoms with Gasteiger partial charge in [0.1, 0.15) is 0 Å². The smallest absolute Gasteiger partial charge is 0.0566 e. The highest BCUT2D eigenvalue weighted by atomic mass is 16.3. The Kier molecular flexibility index (Phi) is 9.00. The minimum Gasteiger partial charge on any atom is -0.396 e. The normalized spacial score (nSPS) is 15.6. The van der Waals surface area contributed by atoms with Gasteiger partial charge in [0.15, 0.2) is 0 Å². The van der Waals surface area contributed by atoms with Gasteiger partial charge >= 0.3 is 0 Å². The molecule has 0 rings (SSSR count). The van der Waals surface area contributed by atoms with Crippen molar-refractivity contribution in [2.75, 3.05) is 33.4 Å². The topological polar surface area (TPSA) is 63.9 Å². The molecule has 0 radical (unpaired) electrons. The Morgan fingerprint density at radius 2 is 1.93 bits per heavy atom. The average molecular weight is 219 g/mol. The number of hydrogen-bond donors (Lipinski definition) is 3. The van der Waals surface area contributed by atoms with Crippen LogP contribution >= 0.6 is 0 Å². The van der Waals surface area contributed by atoms with E-state index in [1.54, 1.807) is 0 Å². The van der Waals surface area contributed by atoms with E-state index < -0.39 is 6.10 Å². The molecule has 0 aromatic rings. The lowest BCUT2D eigenvalue weighted by Crippen LogP contribution is -2.30. The van der Waals surface area contributed by atoms with Crippen molar-refractivity contribution in [3.05, 3.63) is 0 Å². The maximum Gasteiger partial charge on any atom is 0.0566 e. The summed E-state index contributed by atoms with van der Waals surface area (Å²) in [6.07, 6.45) is 1.55. The molecular weight excluding hydrogens is 194 g/mol. The molecule has 0 fully saturated rings. The summed E-state index contributed by atoms with van der Waals surface area (Å²) >= 11 is 0. The second-order valence-electron chi connectivity index (χ2n) is 4.21. The van der Waals surface area contributed by atoms with Gasteiger partial charge in [-0.2, -0.15) is 0 Å². The van der Waals surface area contributed by atoms with Gasteiger partial charge in [0.2, 0.25) is 0 Å². The minimum absolute atomic E-state index is 0.00408. The van der Waals surface area contributed by atoms with Crippen LogP contribution in [-0.2, 0) is 0 Å². The zero-order valence-electron chi connectivity index (χ0n) is 9.89. The summed E-state index contributed by atoms with van der Waals surface area (Å²) in [5.74, 6) is 0.100. The molecule has 0 saturated heterocycles. The monoisotopic (exact) mass is 219 g/mol. The van der Waals surface area contributed by atoms with Gasteiger partial charge in [0, 0.05) is 19.8 Å². The summed E-state index contributed by atoms with van der Waals surface area (Å²) in [5, 5.41) is 27.3. The highest BCUT2D eigenvalue weighted by Crippen LogP contribution is 2.10. The number of nitrogens with zero attached hydrogens (tertiary/aromatic N) is 1. The molecule has 0 bridgehead atoms. The largest absolute Gasteiger partial charge is 0.396 e. The number of rotatable bonds is 9. The van der Waals surface area contributed by atoms with E-state index >= 15 is 0 Å². The van der Waals surface area contributed by atoms with E-state index in [9.17, 15) is 5.11 Å². The van der Waals surface area contributed by atoms with Crippen LogP contribution in [0, 0.1) is 5.92 Å². The third-order valence-corrected chi connectivity index (χ3v) is 2.50. The van der Waals surface area contributed by atoms with Crippen molar-refractivity contribution < 1.29 is 15.3 Å². The molecule has 0 spiro atoms. The first-order valence-corrected chi connectivity index (χ1v) is 5.72. The van der Waals surface area contributed by atoms with Crippen LogP contribution in [0.3, 0.4) is 0 Å². The van der Waals surface area contributed by atoms with Gasteiger partial charge in [-0.25, -0.2) is 0 Å². The van der Waals surface area contributed by atoms with Crippen LogP contribution in [0.4, 0.5) is 0 Å². The van der Waals surface area contributed by atoms with Crippen molar-refractivity contribution in [1.82, 2.24) is 4.90 Å². The highest BCUT2D eigenvalue weighted by Gasteiger charge is 2.15. The van der Waals surface area contributed by atoms with Crippen molar-refractivity contribution in [3.63, 3.8) is 0 Å². The molecule has 4 heteroatoms. The van der Waals surface area contributed by atoms with Gasteiger partial charge in [-0.15, -0.1) is 0 Å². The maximum atomic E-state index is 9.50. The van der Waals surface area contributed by atoms with E-state index in [4.69, 9.17) is 10.2 Å². The molecule has 2 unspecified atom stereocenters. The predicted molar refractivity (Wildman–Crippen MR) is 60.7 cm³/mol. The molecule has 0 aromatic carbocycles. The van der Waals surface area contributed by atoms with Crippen LogP contribution in [0.2, 0.25) is 0 Å². The Hall–Kier alpha value is -0.160. The summed E-state index contributed by atoms with van der Waals surface area (Å²) < 4.78 is 0. The summed E-state index contributed by atoms with van der Waals surface area (Å²) in [4.78, 5) is 2.16. The van der Waals surface area contributed by atoms with Gasteiger partial charge in [0.25, 0.3) is 0 Å². The lowest BCUT2D eigenvalue weighted by atomic mass is 10.00. The molecule has 0 aliphatic rings. The predicted octanol–water partition coefficient (Wildman–Crippen LogP) is 0.0701. The molecule has 3 N–H and O–H groups in total. The van der Waals surface area contributed by atoms with Crippen molar-refractivity contribution in [1.29, 1.82) is 0 Å². The van der Waals surface area contributed by atoms with Gasteiger partial charge in [0.05, 0.1) is 6.10 Å². The lowest BCUT2D eigenvalue weighted by Gasteiger charge is -2.23. The van der Waals surface area contributed by atoms with Crippen LogP contribution in [0.5, 0.6) is 0 Å². The van der Waals surface area contributed by atoms with Crippen LogP contribution in [0.1, 0.15) is 26.2 Å². The zero-order valence-corrected chi connectivity index (χ0v) is 9.89. The fraction of sp³-hybridized carbons (Fsp3) is 1.00. The molecule has 0 saturated carbocycles. The van der Waals surface area contributed by atoms with Gasteiger partial charge in [-0.05, 0) is 38.8 Å². The third kappa shape index (κ3) is 7.73. The fourth-order valence-electron chi connectivity index (χ4n) is 1.77. The first-order chi connectivity index (χ1) is 7.13. The van der Waals surface area contributed by atoms with Crippen molar-refractivity contribution in [2.24, 2.45) is 5.92 Å². The van der Waals surface area contributed by atoms with E-state index in [1.165, 1.54) is 0 Å². The van der Waals surface area contributed by atoms with E-state index in [0.29, 0.717) is 12.8 Å². The minimum atomic E-state index is -0.498. The fourth-order valence-corrected chi connectivity index (χ4v) is 1.77. The van der Waals surface area contributed by atoms with Crippen LogP contribution in [0.15, 0.2) is 0 Å². The molecule has 0 amide bonds. The summed E-state index contributed by atoms with van der Waals surface area (Å²) in [5.41, 5.74) is 0. The Balaban J connectivity index is 3.80. The van der Waals surface area contributed by atoms with E-state index in [2.05, 4.69) is 11.8 Å². The maximum absolute atomic E-state index is 9.50. The first kappa shape index (κ1) is 14.8. The Morgan fingerprint density at radius 1 is 1.27 bits per heavy atom. The molecule has 0 aromatic heterocycles. The van der Waals surface area contributed by atoms with Gasteiger partial charge in [-0.3, -0.25) is 0 Å². The first-order valence-electron chi connectivity index (χ1n) is 5.72. The molecule has 92 valence electrons. The number of aliphatic hydroxyl groups is 3.